The first-order valence-electron chi connectivity index (χ1n) is 9.14. The van der Waals surface area contributed by atoms with E-state index in [0.29, 0.717) is 25.2 Å². The van der Waals surface area contributed by atoms with Crippen LogP contribution < -0.4 is 16.4 Å². The maximum atomic E-state index is 12.9. The summed E-state index contributed by atoms with van der Waals surface area (Å²) in [6.07, 6.45) is 0.111. The number of aromatic nitrogens is 2. The Bertz CT molecular complexity index is 751. The summed E-state index contributed by atoms with van der Waals surface area (Å²) in [5.41, 5.74) is 4.78. The van der Waals surface area contributed by atoms with Gasteiger partial charge in [-0.05, 0) is 44.4 Å². The minimum atomic E-state index is -4.19. The fraction of sp³-hybridized carbons (Fsp3) is 0.706. The minimum Gasteiger partial charge on any atom is -0.393 e. The van der Waals surface area contributed by atoms with E-state index in [4.69, 9.17) is 5.73 Å². The first-order valence-corrected chi connectivity index (χ1v) is 9.14. The summed E-state index contributed by atoms with van der Waals surface area (Å²) >= 11 is 0. The van der Waals surface area contributed by atoms with E-state index in [-0.39, 0.29) is 29.9 Å². The zero-order valence-corrected chi connectivity index (χ0v) is 14.6. The molecule has 3 atom stereocenters. The van der Waals surface area contributed by atoms with Crippen LogP contribution in [0.4, 0.5) is 24.9 Å². The number of primary amides is 1. The summed E-state index contributed by atoms with van der Waals surface area (Å²) in [6, 6.07) is 0.103. The highest BCUT2D eigenvalue weighted by atomic mass is 19.4. The highest BCUT2D eigenvalue weighted by Crippen LogP contribution is 2.68. The predicted octanol–water partition coefficient (Wildman–Crippen LogP) is 2.04. The molecule has 0 aliphatic heterocycles. The Balaban J connectivity index is 1.47. The molecular formula is C17H22F3N5O2. The van der Waals surface area contributed by atoms with Crippen molar-refractivity contribution in [3.63, 3.8) is 0 Å². The van der Waals surface area contributed by atoms with Crippen molar-refractivity contribution in [2.75, 3.05) is 10.6 Å². The normalized spacial score (nSPS) is 35.0. The van der Waals surface area contributed by atoms with Crippen LogP contribution in [0.3, 0.4) is 0 Å². The van der Waals surface area contributed by atoms with Crippen molar-refractivity contribution in [3.05, 3.63) is 11.8 Å². The van der Waals surface area contributed by atoms with Gasteiger partial charge >= 0.3 is 6.18 Å². The number of nitrogens with zero attached hydrogens (tertiary/aromatic N) is 2. The third-order valence-electron chi connectivity index (χ3n) is 6.08. The summed E-state index contributed by atoms with van der Waals surface area (Å²) < 4.78 is 38.7. The third-order valence-corrected chi connectivity index (χ3v) is 6.08. The fourth-order valence-corrected chi connectivity index (χ4v) is 4.37. The highest BCUT2D eigenvalue weighted by Gasteiger charge is 2.74. The molecule has 0 saturated heterocycles. The predicted molar refractivity (Wildman–Crippen MR) is 91.1 cm³/mol. The van der Waals surface area contributed by atoms with Gasteiger partial charge in [0.25, 0.3) is 5.91 Å². The van der Waals surface area contributed by atoms with Crippen LogP contribution in [0.15, 0.2) is 6.20 Å². The molecule has 3 saturated carbocycles. The molecule has 0 bridgehead atoms. The topological polar surface area (TPSA) is 113 Å². The highest BCUT2D eigenvalue weighted by molar-refractivity contribution is 5.97. The van der Waals surface area contributed by atoms with Crippen LogP contribution in [-0.4, -0.2) is 44.8 Å². The summed E-state index contributed by atoms with van der Waals surface area (Å²) in [4.78, 5) is 20.1. The second kappa shape index (κ2) is 6.22. The van der Waals surface area contributed by atoms with Crippen LogP contribution in [0, 0.1) is 11.8 Å². The van der Waals surface area contributed by atoms with Crippen molar-refractivity contribution in [1.82, 2.24) is 9.97 Å². The van der Waals surface area contributed by atoms with E-state index in [9.17, 15) is 23.1 Å². The molecule has 3 aliphatic rings. The average molecular weight is 385 g/mol. The van der Waals surface area contributed by atoms with Crippen LogP contribution >= 0.6 is 0 Å². The molecular weight excluding hydrogens is 363 g/mol. The van der Waals surface area contributed by atoms with Crippen LogP contribution in [0.25, 0.3) is 0 Å². The first-order chi connectivity index (χ1) is 12.7. The molecule has 3 fully saturated rings. The van der Waals surface area contributed by atoms with E-state index >= 15 is 0 Å². The lowest BCUT2D eigenvalue weighted by molar-refractivity contribution is -0.198. The number of hydrogen-bond donors (Lipinski definition) is 4. The zero-order chi connectivity index (χ0) is 19.4. The number of carbonyl (C=O) groups is 1. The average Bonchev–Trinajstić information content (AvgIpc) is 3.11. The first kappa shape index (κ1) is 18.3. The number of nitrogens with two attached hydrogens (primary N) is 1. The van der Waals surface area contributed by atoms with Crippen molar-refractivity contribution in [2.45, 2.75) is 62.4 Å². The van der Waals surface area contributed by atoms with Gasteiger partial charge in [0.1, 0.15) is 5.82 Å². The molecule has 27 heavy (non-hydrogen) atoms. The summed E-state index contributed by atoms with van der Waals surface area (Å²) in [6.45, 7) is 0. The number of rotatable bonds is 5. The van der Waals surface area contributed by atoms with Gasteiger partial charge in [0.2, 0.25) is 5.95 Å². The largest absolute Gasteiger partial charge is 0.393 e. The number of alkyl halides is 3. The van der Waals surface area contributed by atoms with E-state index in [2.05, 4.69) is 20.6 Å². The number of anilines is 2. The van der Waals surface area contributed by atoms with Crippen LogP contribution in [0.2, 0.25) is 0 Å². The summed E-state index contributed by atoms with van der Waals surface area (Å²) in [5, 5.41) is 15.8. The standard InChI is InChI=1S/C17H22F3N5O2/c18-17(19,20)12-6-16(5-11(12)16)25-14-10(13(21)27)7-22-15(24-14)23-8-1-3-9(26)4-2-8/h7-9,11-12,26H,1-6H2,(H2,21,27)(H2,22,23,24,25). The van der Waals surface area contributed by atoms with Crippen molar-refractivity contribution < 1.29 is 23.1 Å². The Hall–Kier alpha value is -2.10. The van der Waals surface area contributed by atoms with Crippen LogP contribution in [0.1, 0.15) is 48.9 Å². The second-order valence-corrected chi connectivity index (χ2v) is 7.91. The molecule has 1 aromatic heterocycles. The molecule has 1 heterocycles. The van der Waals surface area contributed by atoms with Gasteiger partial charge in [0.15, 0.2) is 0 Å². The maximum Gasteiger partial charge on any atom is 0.392 e. The SMILES string of the molecule is NC(=O)c1cnc(NC2CCC(O)CC2)nc1NC12CC(C(F)(F)F)C1C2. The molecule has 0 aromatic carbocycles. The summed E-state index contributed by atoms with van der Waals surface area (Å²) in [5.74, 6) is -2.03. The minimum absolute atomic E-state index is 0.0212. The fourth-order valence-electron chi connectivity index (χ4n) is 4.37. The number of nitrogens with one attached hydrogen (secondary N) is 2. The molecule has 0 spiro atoms. The molecule has 10 heteroatoms. The maximum absolute atomic E-state index is 12.9. The number of hydrogen-bond acceptors (Lipinski definition) is 6. The van der Waals surface area contributed by atoms with Crippen molar-refractivity contribution in [2.24, 2.45) is 17.6 Å². The molecule has 3 aliphatic carbocycles. The Labute approximate surface area is 153 Å². The quantitative estimate of drug-likeness (QED) is 0.617. The van der Waals surface area contributed by atoms with Gasteiger partial charge in [-0.1, -0.05) is 0 Å². The molecule has 4 rings (SSSR count). The van der Waals surface area contributed by atoms with E-state index in [1.165, 1.54) is 6.20 Å². The van der Waals surface area contributed by atoms with Gasteiger partial charge in [-0.2, -0.15) is 18.2 Å². The molecule has 5 N–H and O–H groups in total. The van der Waals surface area contributed by atoms with Gasteiger partial charge in [-0.15, -0.1) is 0 Å². The van der Waals surface area contributed by atoms with Crippen molar-refractivity contribution in [1.29, 1.82) is 0 Å². The van der Waals surface area contributed by atoms with Crippen molar-refractivity contribution >= 4 is 17.7 Å². The Morgan fingerprint density at radius 2 is 1.96 bits per heavy atom. The Kier molecular flexibility index (Phi) is 4.21. The number of aliphatic hydroxyl groups is 1. The zero-order valence-electron chi connectivity index (χ0n) is 14.6. The van der Waals surface area contributed by atoms with Gasteiger partial charge in [-0.3, -0.25) is 4.79 Å². The smallest absolute Gasteiger partial charge is 0.392 e. The summed E-state index contributed by atoms with van der Waals surface area (Å²) in [7, 11) is 0. The van der Waals surface area contributed by atoms with E-state index in [0.717, 1.165) is 12.8 Å². The molecule has 1 aromatic rings. The lowest BCUT2D eigenvalue weighted by Gasteiger charge is -2.37. The van der Waals surface area contributed by atoms with Gasteiger partial charge < -0.3 is 21.5 Å². The Morgan fingerprint density at radius 1 is 1.26 bits per heavy atom. The van der Waals surface area contributed by atoms with Crippen LogP contribution in [-0.2, 0) is 0 Å². The number of fused-ring (bicyclic) bond motifs is 1. The lowest BCUT2D eigenvalue weighted by atomic mass is 9.79. The number of carbonyl (C=O) groups excluding carboxylic acids is 1. The molecule has 148 valence electrons. The molecule has 7 nitrogen and oxygen atoms in total. The number of aliphatic hydroxyl groups excluding tert-OH is 1. The van der Waals surface area contributed by atoms with Gasteiger partial charge in [-0.25, -0.2) is 4.98 Å². The molecule has 1 amide bonds. The monoisotopic (exact) mass is 385 g/mol. The van der Waals surface area contributed by atoms with E-state index in [1.807, 2.05) is 0 Å². The van der Waals surface area contributed by atoms with E-state index in [1.54, 1.807) is 0 Å². The Morgan fingerprint density at radius 3 is 2.56 bits per heavy atom. The number of halogens is 3. The van der Waals surface area contributed by atoms with Gasteiger partial charge in [0, 0.05) is 17.8 Å². The molecule has 0 radical (unpaired) electrons. The van der Waals surface area contributed by atoms with Crippen LogP contribution in [0.5, 0.6) is 0 Å². The molecule has 3 unspecified atom stereocenters. The van der Waals surface area contributed by atoms with Crippen molar-refractivity contribution in [3.8, 4) is 0 Å². The lowest BCUT2D eigenvalue weighted by Crippen LogP contribution is -2.45. The second-order valence-electron chi connectivity index (χ2n) is 7.91. The third kappa shape index (κ3) is 3.42. The van der Waals surface area contributed by atoms with Gasteiger partial charge in [0.05, 0.1) is 17.6 Å². The number of amides is 1. The van der Waals surface area contributed by atoms with E-state index < -0.39 is 29.5 Å².